The molecule has 0 saturated heterocycles. The molecule has 2 nitrogen and oxygen atoms in total. The molecular formula is C17H20ClNO. The third-order valence-electron chi connectivity index (χ3n) is 3.45. The summed E-state index contributed by atoms with van der Waals surface area (Å²) in [4.78, 5) is 0. The van der Waals surface area contributed by atoms with E-state index in [2.05, 4.69) is 5.32 Å². The minimum absolute atomic E-state index is 0.101. The maximum absolute atomic E-state index is 10.2. The maximum atomic E-state index is 10.2. The van der Waals surface area contributed by atoms with E-state index in [1.54, 1.807) is 0 Å². The molecular weight excluding hydrogens is 270 g/mol. The lowest BCUT2D eigenvalue weighted by Gasteiger charge is -2.18. The largest absolute Gasteiger partial charge is 0.387 e. The summed E-state index contributed by atoms with van der Waals surface area (Å²) in [7, 11) is 0. The second kappa shape index (κ2) is 6.89. The van der Waals surface area contributed by atoms with Gasteiger partial charge in [0.25, 0.3) is 0 Å². The summed E-state index contributed by atoms with van der Waals surface area (Å²) in [5.41, 5.74) is 3.16. The van der Waals surface area contributed by atoms with E-state index in [0.717, 1.165) is 16.1 Å². The van der Waals surface area contributed by atoms with Crippen molar-refractivity contribution in [3.63, 3.8) is 0 Å². The average Bonchev–Trinajstić information content (AvgIpc) is 2.45. The summed E-state index contributed by atoms with van der Waals surface area (Å²) < 4.78 is 0. The quantitative estimate of drug-likeness (QED) is 0.871. The Morgan fingerprint density at radius 2 is 1.75 bits per heavy atom. The van der Waals surface area contributed by atoms with E-state index in [-0.39, 0.29) is 6.04 Å². The Hall–Kier alpha value is -1.35. The van der Waals surface area contributed by atoms with Crippen LogP contribution in [0.3, 0.4) is 0 Å². The second-order valence-electron chi connectivity index (χ2n) is 5.08. The van der Waals surface area contributed by atoms with Gasteiger partial charge in [0.15, 0.2) is 0 Å². The van der Waals surface area contributed by atoms with Gasteiger partial charge in [-0.05, 0) is 31.0 Å². The van der Waals surface area contributed by atoms with Crippen molar-refractivity contribution in [1.29, 1.82) is 0 Å². The van der Waals surface area contributed by atoms with E-state index in [9.17, 15) is 5.11 Å². The Morgan fingerprint density at radius 1 is 1.10 bits per heavy atom. The monoisotopic (exact) mass is 289 g/mol. The fourth-order valence-electron chi connectivity index (χ4n) is 2.13. The van der Waals surface area contributed by atoms with Gasteiger partial charge in [-0.2, -0.15) is 0 Å². The van der Waals surface area contributed by atoms with Crippen molar-refractivity contribution in [3.05, 3.63) is 70.2 Å². The number of aryl methyl sites for hydroxylation is 1. The molecule has 2 rings (SSSR count). The molecule has 2 aromatic rings. The number of halogens is 1. The molecule has 0 radical (unpaired) electrons. The molecule has 0 fully saturated rings. The van der Waals surface area contributed by atoms with E-state index in [4.69, 9.17) is 11.6 Å². The highest BCUT2D eigenvalue weighted by Crippen LogP contribution is 2.22. The van der Waals surface area contributed by atoms with Crippen molar-refractivity contribution in [1.82, 2.24) is 5.32 Å². The first-order valence-electron chi connectivity index (χ1n) is 6.80. The van der Waals surface area contributed by atoms with Gasteiger partial charge in [-0.25, -0.2) is 0 Å². The molecule has 0 bridgehead atoms. The van der Waals surface area contributed by atoms with E-state index in [1.165, 1.54) is 5.56 Å². The summed E-state index contributed by atoms with van der Waals surface area (Å²) in [6, 6.07) is 15.8. The minimum atomic E-state index is -0.513. The summed E-state index contributed by atoms with van der Waals surface area (Å²) in [5.74, 6) is 0. The lowest BCUT2D eigenvalue weighted by molar-refractivity contribution is 0.171. The molecule has 0 heterocycles. The van der Waals surface area contributed by atoms with Gasteiger partial charge >= 0.3 is 0 Å². The molecule has 0 aliphatic carbocycles. The van der Waals surface area contributed by atoms with E-state index in [1.807, 2.05) is 62.4 Å². The standard InChI is InChI=1S/C17H20ClNO/c1-12-7-9-14(10-8-12)17(20)11-19-13(2)15-5-3-4-6-16(15)18/h3-10,13,17,19-20H,11H2,1-2H3/t13-,17+/m1/s1. The summed E-state index contributed by atoms with van der Waals surface area (Å²) in [6.07, 6.45) is -0.513. The van der Waals surface area contributed by atoms with Gasteiger partial charge < -0.3 is 10.4 Å². The van der Waals surface area contributed by atoms with Gasteiger partial charge in [0.1, 0.15) is 0 Å². The lowest BCUT2D eigenvalue weighted by Crippen LogP contribution is -2.24. The van der Waals surface area contributed by atoms with Crippen LogP contribution in [0, 0.1) is 6.92 Å². The Labute approximate surface area is 125 Å². The Balaban J connectivity index is 1.95. The molecule has 0 unspecified atom stereocenters. The third-order valence-corrected chi connectivity index (χ3v) is 3.80. The molecule has 0 saturated carbocycles. The topological polar surface area (TPSA) is 32.3 Å². The minimum Gasteiger partial charge on any atom is -0.387 e. The fraction of sp³-hybridized carbons (Fsp3) is 0.294. The second-order valence-corrected chi connectivity index (χ2v) is 5.49. The lowest BCUT2D eigenvalue weighted by atomic mass is 10.1. The molecule has 2 N–H and O–H groups in total. The number of aliphatic hydroxyl groups is 1. The molecule has 0 aliphatic rings. The van der Waals surface area contributed by atoms with Crippen LogP contribution in [-0.4, -0.2) is 11.7 Å². The zero-order valence-corrected chi connectivity index (χ0v) is 12.6. The molecule has 2 aromatic carbocycles. The maximum Gasteiger partial charge on any atom is 0.0914 e. The average molecular weight is 290 g/mol. The highest BCUT2D eigenvalue weighted by atomic mass is 35.5. The van der Waals surface area contributed by atoms with Crippen LogP contribution in [0.5, 0.6) is 0 Å². The first kappa shape index (κ1) is 15.0. The van der Waals surface area contributed by atoms with Gasteiger partial charge in [-0.3, -0.25) is 0 Å². The summed E-state index contributed by atoms with van der Waals surface area (Å²) in [5, 5.41) is 14.2. The summed E-state index contributed by atoms with van der Waals surface area (Å²) >= 11 is 6.17. The van der Waals surface area contributed by atoms with Crippen LogP contribution in [0.2, 0.25) is 5.02 Å². The van der Waals surface area contributed by atoms with Crippen molar-refractivity contribution in [3.8, 4) is 0 Å². The van der Waals surface area contributed by atoms with Crippen molar-refractivity contribution in [2.45, 2.75) is 26.0 Å². The predicted molar refractivity (Wildman–Crippen MR) is 84.0 cm³/mol. The van der Waals surface area contributed by atoms with E-state index >= 15 is 0 Å². The molecule has 0 spiro atoms. The van der Waals surface area contributed by atoms with Gasteiger partial charge in [0.2, 0.25) is 0 Å². The van der Waals surface area contributed by atoms with Crippen LogP contribution in [0.4, 0.5) is 0 Å². The highest BCUT2D eigenvalue weighted by molar-refractivity contribution is 6.31. The van der Waals surface area contributed by atoms with Gasteiger partial charge in [-0.1, -0.05) is 59.6 Å². The van der Waals surface area contributed by atoms with Gasteiger partial charge in [0.05, 0.1) is 6.10 Å². The molecule has 0 aromatic heterocycles. The summed E-state index contributed by atoms with van der Waals surface area (Å²) in [6.45, 7) is 4.58. The van der Waals surface area contributed by atoms with Crippen molar-refractivity contribution in [2.24, 2.45) is 0 Å². The number of rotatable bonds is 5. The predicted octanol–water partition coefficient (Wildman–Crippen LogP) is 4.03. The third kappa shape index (κ3) is 3.83. The van der Waals surface area contributed by atoms with Crippen molar-refractivity contribution < 1.29 is 5.11 Å². The van der Waals surface area contributed by atoms with Crippen LogP contribution in [0.1, 0.15) is 35.8 Å². The normalized spacial score (nSPS) is 14.0. The van der Waals surface area contributed by atoms with Crippen molar-refractivity contribution in [2.75, 3.05) is 6.54 Å². The zero-order valence-electron chi connectivity index (χ0n) is 11.8. The molecule has 3 heteroatoms. The molecule has 106 valence electrons. The fourth-order valence-corrected chi connectivity index (χ4v) is 2.43. The van der Waals surface area contributed by atoms with E-state index in [0.29, 0.717) is 6.54 Å². The Bertz CT molecular complexity index is 553. The van der Waals surface area contributed by atoms with E-state index < -0.39 is 6.10 Å². The van der Waals surface area contributed by atoms with Crippen LogP contribution >= 0.6 is 11.6 Å². The Morgan fingerprint density at radius 3 is 2.40 bits per heavy atom. The smallest absolute Gasteiger partial charge is 0.0914 e. The first-order chi connectivity index (χ1) is 9.58. The van der Waals surface area contributed by atoms with Crippen LogP contribution in [0.15, 0.2) is 48.5 Å². The number of nitrogens with one attached hydrogen (secondary N) is 1. The molecule has 0 aliphatic heterocycles. The van der Waals surface area contributed by atoms with Crippen LogP contribution < -0.4 is 5.32 Å². The Kier molecular flexibility index (Phi) is 5.18. The zero-order chi connectivity index (χ0) is 14.5. The van der Waals surface area contributed by atoms with Gasteiger partial charge in [-0.15, -0.1) is 0 Å². The number of hydrogen-bond donors (Lipinski definition) is 2. The number of benzene rings is 2. The van der Waals surface area contributed by atoms with Crippen LogP contribution in [0.25, 0.3) is 0 Å². The van der Waals surface area contributed by atoms with Gasteiger partial charge in [0, 0.05) is 17.6 Å². The molecule has 2 atom stereocenters. The SMILES string of the molecule is Cc1ccc([C@@H](O)CN[C@H](C)c2ccccc2Cl)cc1. The highest BCUT2D eigenvalue weighted by Gasteiger charge is 2.12. The van der Waals surface area contributed by atoms with Crippen LogP contribution in [-0.2, 0) is 0 Å². The number of aliphatic hydroxyl groups excluding tert-OH is 1. The van der Waals surface area contributed by atoms with Crippen molar-refractivity contribution >= 4 is 11.6 Å². The molecule has 20 heavy (non-hydrogen) atoms. The first-order valence-corrected chi connectivity index (χ1v) is 7.18. The molecule has 0 amide bonds. The number of hydrogen-bond acceptors (Lipinski definition) is 2.